The number of carbonyl (C=O) groups is 1. The van der Waals surface area contributed by atoms with Crippen LogP contribution in [-0.2, 0) is 0 Å². The van der Waals surface area contributed by atoms with Crippen molar-refractivity contribution in [1.82, 2.24) is 4.98 Å². The summed E-state index contributed by atoms with van der Waals surface area (Å²) >= 11 is 12.3. The average molecular weight is 352 g/mol. The largest absolute Gasteiger partial charge is 0.274 e. The summed E-state index contributed by atoms with van der Waals surface area (Å²) in [5.41, 5.74) is -0.514. The van der Waals surface area contributed by atoms with Crippen molar-refractivity contribution in [3.8, 4) is 0 Å². The molecule has 1 rings (SSSR count). The van der Waals surface area contributed by atoms with Crippen molar-refractivity contribution >= 4 is 51.0 Å². The van der Waals surface area contributed by atoms with E-state index in [4.69, 9.17) is 23.2 Å². The van der Waals surface area contributed by atoms with Gasteiger partial charge < -0.3 is 0 Å². The summed E-state index contributed by atoms with van der Waals surface area (Å²) in [5.74, 6) is 0. The summed E-state index contributed by atoms with van der Waals surface area (Å²) in [6, 6.07) is 0.997. The van der Waals surface area contributed by atoms with Gasteiger partial charge >= 0.3 is 0 Å². The predicted molar refractivity (Wildman–Crippen MR) is 57.1 cm³/mol. The van der Waals surface area contributed by atoms with Crippen LogP contribution >= 0.6 is 45.8 Å². The maximum atomic E-state index is 12.3. The van der Waals surface area contributed by atoms with Gasteiger partial charge in [-0.15, -0.1) is 0 Å². The number of nitrogens with zero attached hydrogens (tertiary/aromatic N) is 1. The topological polar surface area (TPSA) is 30.0 Å². The fourth-order valence-corrected chi connectivity index (χ4v) is 1.84. The Morgan fingerprint density at radius 1 is 1.57 bits per heavy atom. The monoisotopic (exact) mass is 351 g/mol. The molecule has 0 unspecified atom stereocenters. The maximum absolute atomic E-state index is 12.3. The van der Waals surface area contributed by atoms with E-state index in [2.05, 4.69) is 4.98 Å². The zero-order chi connectivity index (χ0) is 10.9. The van der Waals surface area contributed by atoms with Gasteiger partial charge in [-0.05, 0) is 40.3 Å². The Morgan fingerprint density at radius 3 is 2.57 bits per heavy atom. The van der Waals surface area contributed by atoms with E-state index in [9.17, 15) is 13.6 Å². The third-order valence-corrected chi connectivity index (χ3v) is 2.71. The Kier molecular flexibility index (Phi) is 4.03. The summed E-state index contributed by atoms with van der Waals surface area (Å²) in [6.45, 7) is 0. The molecule has 0 aromatic carbocycles. The predicted octanol–water partition coefficient (Wildman–Crippen LogP) is 3.66. The molecular formula is C7H2Cl2F2INO. The quantitative estimate of drug-likeness (QED) is 0.462. The summed E-state index contributed by atoms with van der Waals surface area (Å²) in [7, 11) is 0. The second-order valence-electron chi connectivity index (χ2n) is 2.27. The van der Waals surface area contributed by atoms with Crippen molar-refractivity contribution in [2.24, 2.45) is 0 Å². The molecule has 0 saturated heterocycles. The molecular weight excluding hydrogens is 350 g/mol. The SMILES string of the molecule is O=C(Cl)c1nc(I)c(C(F)F)cc1Cl. The minimum Gasteiger partial charge on any atom is -0.274 e. The van der Waals surface area contributed by atoms with Crippen molar-refractivity contribution in [3.63, 3.8) is 0 Å². The average Bonchev–Trinajstić information content (AvgIpc) is 2.07. The molecule has 0 aliphatic carbocycles. The first-order valence-corrected chi connectivity index (χ1v) is 5.11. The third-order valence-electron chi connectivity index (χ3n) is 1.38. The molecule has 0 bridgehead atoms. The molecule has 14 heavy (non-hydrogen) atoms. The lowest BCUT2D eigenvalue weighted by Gasteiger charge is -2.05. The molecule has 1 aromatic heterocycles. The van der Waals surface area contributed by atoms with Gasteiger partial charge in [0, 0.05) is 0 Å². The Bertz CT molecular complexity index is 386. The number of hydrogen-bond donors (Lipinski definition) is 0. The minimum absolute atomic E-state index is 0.0194. The number of rotatable bonds is 2. The zero-order valence-corrected chi connectivity index (χ0v) is 10.1. The Morgan fingerprint density at radius 2 is 2.14 bits per heavy atom. The van der Waals surface area contributed by atoms with Crippen LogP contribution in [0.4, 0.5) is 8.78 Å². The second kappa shape index (κ2) is 4.67. The van der Waals surface area contributed by atoms with Gasteiger partial charge in [0.2, 0.25) is 0 Å². The van der Waals surface area contributed by atoms with Crippen LogP contribution in [0.15, 0.2) is 6.07 Å². The zero-order valence-electron chi connectivity index (χ0n) is 6.40. The van der Waals surface area contributed by atoms with E-state index in [0.29, 0.717) is 0 Å². The van der Waals surface area contributed by atoms with Crippen LogP contribution in [0.2, 0.25) is 5.02 Å². The van der Waals surface area contributed by atoms with Gasteiger partial charge in [0.05, 0.1) is 10.6 Å². The fourth-order valence-electron chi connectivity index (χ4n) is 0.771. The molecule has 1 heterocycles. The van der Waals surface area contributed by atoms with E-state index in [1.807, 2.05) is 0 Å². The van der Waals surface area contributed by atoms with Crippen LogP contribution in [0.1, 0.15) is 22.5 Å². The van der Waals surface area contributed by atoms with E-state index in [1.165, 1.54) is 0 Å². The summed E-state index contributed by atoms with van der Waals surface area (Å²) in [4.78, 5) is 14.3. The molecule has 0 aliphatic rings. The van der Waals surface area contributed by atoms with Crippen LogP contribution in [0, 0.1) is 3.70 Å². The van der Waals surface area contributed by atoms with Gasteiger partial charge in [0.25, 0.3) is 11.7 Å². The van der Waals surface area contributed by atoms with E-state index in [1.54, 1.807) is 22.6 Å². The number of aromatic nitrogens is 1. The highest BCUT2D eigenvalue weighted by atomic mass is 127. The summed E-state index contributed by atoms with van der Waals surface area (Å²) in [5, 5.41) is -1.03. The van der Waals surface area contributed by atoms with Crippen LogP contribution in [0.25, 0.3) is 0 Å². The Hall–Kier alpha value is -0.0100. The van der Waals surface area contributed by atoms with Gasteiger partial charge in [-0.1, -0.05) is 11.6 Å². The first-order chi connectivity index (χ1) is 6.43. The maximum Gasteiger partial charge on any atom is 0.272 e. The second-order valence-corrected chi connectivity index (χ2v) is 4.05. The van der Waals surface area contributed by atoms with Gasteiger partial charge in [-0.2, -0.15) is 0 Å². The van der Waals surface area contributed by atoms with Gasteiger partial charge in [-0.25, -0.2) is 13.8 Å². The van der Waals surface area contributed by atoms with Crippen LogP contribution in [0.3, 0.4) is 0 Å². The molecule has 0 N–H and O–H groups in total. The van der Waals surface area contributed by atoms with Gasteiger partial charge in [0.1, 0.15) is 9.39 Å². The van der Waals surface area contributed by atoms with Crippen molar-refractivity contribution in [3.05, 3.63) is 26.0 Å². The van der Waals surface area contributed by atoms with Crippen molar-refractivity contribution < 1.29 is 13.6 Å². The van der Waals surface area contributed by atoms with Crippen LogP contribution in [0.5, 0.6) is 0 Å². The summed E-state index contributed by atoms with van der Waals surface area (Å²) in [6.07, 6.45) is -2.67. The molecule has 7 heteroatoms. The van der Waals surface area contributed by atoms with Crippen molar-refractivity contribution in [2.45, 2.75) is 6.43 Å². The highest BCUT2D eigenvalue weighted by Crippen LogP contribution is 2.28. The number of pyridine rings is 1. The normalized spacial score (nSPS) is 10.7. The first kappa shape index (κ1) is 12.1. The number of alkyl halides is 2. The first-order valence-electron chi connectivity index (χ1n) is 3.27. The van der Waals surface area contributed by atoms with Crippen LogP contribution < -0.4 is 0 Å². The number of halogens is 5. The van der Waals surface area contributed by atoms with E-state index in [-0.39, 0.29) is 20.0 Å². The van der Waals surface area contributed by atoms with Gasteiger partial charge in [-0.3, -0.25) is 4.79 Å². The summed E-state index contributed by atoms with van der Waals surface area (Å²) < 4.78 is 24.7. The minimum atomic E-state index is -2.67. The highest BCUT2D eigenvalue weighted by Gasteiger charge is 2.18. The lowest BCUT2D eigenvalue weighted by Crippen LogP contribution is -2.01. The molecule has 0 saturated carbocycles. The van der Waals surface area contributed by atoms with Crippen molar-refractivity contribution in [1.29, 1.82) is 0 Å². The Labute approximate surface area is 102 Å². The number of carbonyl (C=O) groups excluding carboxylic acids is 1. The smallest absolute Gasteiger partial charge is 0.272 e. The molecule has 0 aliphatic heterocycles. The van der Waals surface area contributed by atoms with Crippen molar-refractivity contribution in [2.75, 3.05) is 0 Å². The number of hydrogen-bond acceptors (Lipinski definition) is 2. The molecule has 2 nitrogen and oxygen atoms in total. The molecule has 1 aromatic rings. The van der Waals surface area contributed by atoms with E-state index < -0.39 is 11.7 Å². The fraction of sp³-hybridized carbons (Fsp3) is 0.143. The van der Waals surface area contributed by atoms with Crippen LogP contribution in [-0.4, -0.2) is 10.2 Å². The molecule has 0 atom stereocenters. The molecule has 0 fully saturated rings. The third kappa shape index (κ3) is 2.52. The van der Waals surface area contributed by atoms with E-state index >= 15 is 0 Å². The lowest BCUT2D eigenvalue weighted by molar-refractivity contribution is 0.107. The standard InChI is InChI=1S/C7H2Cl2F2INO/c8-3-1-2(6(10)11)7(12)13-4(3)5(9)14/h1,6H. The van der Waals surface area contributed by atoms with E-state index in [0.717, 1.165) is 6.07 Å². The highest BCUT2D eigenvalue weighted by molar-refractivity contribution is 14.1. The Balaban J connectivity index is 3.31. The molecule has 0 radical (unpaired) electrons. The molecule has 76 valence electrons. The lowest BCUT2D eigenvalue weighted by atomic mass is 10.2. The molecule has 0 amide bonds. The van der Waals surface area contributed by atoms with Gasteiger partial charge in [0.15, 0.2) is 0 Å². The molecule has 0 spiro atoms.